The van der Waals surface area contributed by atoms with Crippen molar-refractivity contribution in [3.8, 4) is 0 Å². The standard InChI is InChI=1S/C12H22N2O2.ClH/c1-14(8-10-4-3-7-16-9-10)12(15)11-5-2-6-13-11;/h10-11,13H,2-9H2,1H3;1H/t10?,11-;/m0./s1. The van der Waals surface area contributed by atoms with E-state index in [-0.39, 0.29) is 24.4 Å². The lowest BCUT2D eigenvalue weighted by molar-refractivity contribution is -0.132. The summed E-state index contributed by atoms with van der Waals surface area (Å²) in [6, 6.07) is 0.0644. The van der Waals surface area contributed by atoms with E-state index in [0.717, 1.165) is 45.6 Å². The van der Waals surface area contributed by atoms with E-state index in [0.29, 0.717) is 5.92 Å². The number of likely N-dealkylation sites (N-methyl/N-ethyl adjacent to an activating group) is 1. The first-order chi connectivity index (χ1) is 7.77. The second kappa shape index (κ2) is 7.19. The number of hydrogen-bond donors (Lipinski definition) is 1. The molecule has 0 aliphatic carbocycles. The van der Waals surface area contributed by atoms with Crippen molar-refractivity contribution in [3.05, 3.63) is 0 Å². The first-order valence-corrected chi connectivity index (χ1v) is 6.33. The molecule has 0 spiro atoms. The lowest BCUT2D eigenvalue weighted by Crippen LogP contribution is -2.44. The summed E-state index contributed by atoms with van der Waals surface area (Å²) in [5, 5.41) is 3.25. The fraction of sp³-hybridized carbons (Fsp3) is 0.917. The van der Waals surface area contributed by atoms with Gasteiger partial charge >= 0.3 is 0 Å². The molecule has 2 aliphatic rings. The Morgan fingerprint density at radius 1 is 1.41 bits per heavy atom. The minimum atomic E-state index is 0. The third-order valence-corrected chi connectivity index (χ3v) is 3.52. The quantitative estimate of drug-likeness (QED) is 0.827. The molecule has 2 atom stereocenters. The number of hydrogen-bond acceptors (Lipinski definition) is 3. The number of carbonyl (C=O) groups excluding carboxylic acids is 1. The summed E-state index contributed by atoms with van der Waals surface area (Å²) >= 11 is 0. The summed E-state index contributed by atoms with van der Waals surface area (Å²) in [5.41, 5.74) is 0. The van der Waals surface area contributed by atoms with Crippen LogP contribution in [-0.4, -0.2) is 50.2 Å². The van der Waals surface area contributed by atoms with Gasteiger partial charge < -0.3 is 15.0 Å². The molecule has 2 rings (SSSR count). The number of carbonyl (C=O) groups is 1. The highest BCUT2D eigenvalue weighted by Gasteiger charge is 2.26. The predicted octanol–water partition coefficient (Wildman–Crippen LogP) is 1.05. The highest BCUT2D eigenvalue weighted by Crippen LogP contribution is 2.16. The van der Waals surface area contributed by atoms with Gasteiger partial charge in [-0.2, -0.15) is 0 Å². The molecule has 0 saturated carbocycles. The number of halogens is 1. The molecule has 1 amide bonds. The smallest absolute Gasteiger partial charge is 0.239 e. The normalized spacial score (nSPS) is 28.5. The fourth-order valence-electron chi connectivity index (χ4n) is 2.59. The molecule has 4 nitrogen and oxygen atoms in total. The largest absolute Gasteiger partial charge is 0.381 e. The predicted molar refractivity (Wildman–Crippen MR) is 69.5 cm³/mol. The lowest BCUT2D eigenvalue weighted by atomic mass is 10.0. The summed E-state index contributed by atoms with van der Waals surface area (Å²) in [4.78, 5) is 13.9. The van der Waals surface area contributed by atoms with E-state index in [4.69, 9.17) is 4.74 Å². The van der Waals surface area contributed by atoms with Gasteiger partial charge in [-0.15, -0.1) is 12.4 Å². The van der Waals surface area contributed by atoms with Crippen LogP contribution in [0.25, 0.3) is 0 Å². The van der Waals surface area contributed by atoms with E-state index in [1.165, 1.54) is 6.42 Å². The SMILES string of the molecule is CN(CC1CCCOC1)C(=O)[C@@H]1CCCN1.Cl. The molecule has 0 radical (unpaired) electrons. The summed E-state index contributed by atoms with van der Waals surface area (Å²) in [7, 11) is 1.91. The van der Waals surface area contributed by atoms with Crippen LogP contribution in [0.1, 0.15) is 25.7 Å². The Hall–Kier alpha value is -0.320. The van der Waals surface area contributed by atoms with Gasteiger partial charge in [-0.05, 0) is 38.1 Å². The Bertz CT molecular complexity index is 239. The molecule has 0 aromatic heterocycles. The molecule has 1 N–H and O–H groups in total. The van der Waals surface area contributed by atoms with Crippen molar-refractivity contribution in [1.82, 2.24) is 10.2 Å². The fourth-order valence-corrected chi connectivity index (χ4v) is 2.59. The first-order valence-electron chi connectivity index (χ1n) is 6.33. The van der Waals surface area contributed by atoms with Gasteiger partial charge in [0.1, 0.15) is 0 Å². The lowest BCUT2D eigenvalue weighted by Gasteiger charge is -2.28. The van der Waals surface area contributed by atoms with E-state index >= 15 is 0 Å². The molecule has 17 heavy (non-hydrogen) atoms. The number of nitrogens with one attached hydrogen (secondary N) is 1. The van der Waals surface area contributed by atoms with Crippen molar-refractivity contribution in [3.63, 3.8) is 0 Å². The minimum Gasteiger partial charge on any atom is -0.381 e. The van der Waals surface area contributed by atoms with Gasteiger partial charge in [-0.1, -0.05) is 0 Å². The van der Waals surface area contributed by atoms with E-state index < -0.39 is 0 Å². The highest BCUT2D eigenvalue weighted by atomic mass is 35.5. The number of amides is 1. The molecule has 0 bridgehead atoms. The van der Waals surface area contributed by atoms with Crippen molar-refractivity contribution in [2.45, 2.75) is 31.7 Å². The molecule has 100 valence electrons. The second-order valence-corrected chi connectivity index (χ2v) is 4.95. The average Bonchev–Trinajstić information content (AvgIpc) is 2.83. The van der Waals surface area contributed by atoms with Crippen LogP contribution in [0.4, 0.5) is 0 Å². The van der Waals surface area contributed by atoms with Crippen LogP contribution in [0.5, 0.6) is 0 Å². The van der Waals surface area contributed by atoms with Gasteiger partial charge in [0.25, 0.3) is 0 Å². The van der Waals surface area contributed by atoms with Crippen LogP contribution in [-0.2, 0) is 9.53 Å². The van der Waals surface area contributed by atoms with Crippen LogP contribution < -0.4 is 5.32 Å². The summed E-state index contributed by atoms with van der Waals surface area (Å²) in [5.74, 6) is 0.784. The van der Waals surface area contributed by atoms with Gasteiger partial charge in [-0.3, -0.25) is 4.79 Å². The monoisotopic (exact) mass is 262 g/mol. The molecular weight excluding hydrogens is 240 g/mol. The molecule has 2 heterocycles. The molecule has 1 unspecified atom stereocenters. The van der Waals surface area contributed by atoms with E-state index in [1.54, 1.807) is 0 Å². The van der Waals surface area contributed by atoms with Gasteiger partial charge in [0, 0.05) is 20.2 Å². The van der Waals surface area contributed by atoms with E-state index in [2.05, 4.69) is 5.32 Å². The Morgan fingerprint density at radius 3 is 2.82 bits per heavy atom. The minimum absolute atomic E-state index is 0. The first kappa shape index (κ1) is 14.7. The zero-order valence-corrected chi connectivity index (χ0v) is 11.3. The molecule has 0 aromatic rings. The van der Waals surface area contributed by atoms with Crippen molar-refractivity contribution in [2.75, 3.05) is 33.4 Å². The van der Waals surface area contributed by atoms with E-state index in [1.807, 2.05) is 11.9 Å². The highest BCUT2D eigenvalue weighted by molar-refractivity contribution is 5.85. The molecule has 2 aliphatic heterocycles. The van der Waals surface area contributed by atoms with Gasteiger partial charge in [0.05, 0.1) is 12.6 Å². The third kappa shape index (κ3) is 4.12. The number of rotatable bonds is 3. The second-order valence-electron chi connectivity index (χ2n) is 4.95. The van der Waals surface area contributed by atoms with Crippen LogP contribution >= 0.6 is 12.4 Å². The van der Waals surface area contributed by atoms with Crippen molar-refractivity contribution in [1.29, 1.82) is 0 Å². The number of ether oxygens (including phenoxy) is 1. The third-order valence-electron chi connectivity index (χ3n) is 3.52. The molecule has 0 aromatic carbocycles. The maximum absolute atomic E-state index is 12.0. The number of nitrogens with zero attached hydrogens (tertiary/aromatic N) is 1. The van der Waals surface area contributed by atoms with Gasteiger partial charge in [0.2, 0.25) is 5.91 Å². The van der Waals surface area contributed by atoms with Crippen molar-refractivity contribution >= 4 is 18.3 Å². The van der Waals surface area contributed by atoms with Crippen molar-refractivity contribution in [2.24, 2.45) is 5.92 Å². The Labute approximate surface area is 109 Å². The van der Waals surface area contributed by atoms with Crippen molar-refractivity contribution < 1.29 is 9.53 Å². The molecular formula is C12H23ClN2O2. The summed E-state index contributed by atoms with van der Waals surface area (Å²) < 4.78 is 5.43. The summed E-state index contributed by atoms with van der Waals surface area (Å²) in [6.45, 7) is 3.53. The summed E-state index contributed by atoms with van der Waals surface area (Å²) in [6.07, 6.45) is 4.44. The topological polar surface area (TPSA) is 41.6 Å². The van der Waals surface area contributed by atoms with E-state index in [9.17, 15) is 4.79 Å². The molecule has 2 saturated heterocycles. The average molecular weight is 263 g/mol. The van der Waals surface area contributed by atoms with Crippen LogP contribution in [0.2, 0.25) is 0 Å². The molecule has 2 fully saturated rings. The van der Waals surface area contributed by atoms with Gasteiger partial charge in [-0.25, -0.2) is 0 Å². The van der Waals surface area contributed by atoms with Crippen LogP contribution in [0, 0.1) is 5.92 Å². The zero-order valence-electron chi connectivity index (χ0n) is 10.5. The van der Waals surface area contributed by atoms with Crippen LogP contribution in [0.15, 0.2) is 0 Å². The molecule has 5 heteroatoms. The maximum atomic E-state index is 12.0. The Balaban J connectivity index is 0.00000144. The Kier molecular flexibility index (Phi) is 6.23. The maximum Gasteiger partial charge on any atom is 0.239 e. The van der Waals surface area contributed by atoms with Gasteiger partial charge in [0.15, 0.2) is 0 Å². The Morgan fingerprint density at radius 2 is 2.24 bits per heavy atom. The van der Waals surface area contributed by atoms with Crippen LogP contribution in [0.3, 0.4) is 0 Å². The zero-order chi connectivity index (χ0) is 11.4.